The van der Waals surface area contributed by atoms with Gasteiger partial charge in [0.1, 0.15) is 0 Å². The Morgan fingerprint density at radius 1 is 0.771 bits per heavy atom. The molecule has 0 saturated carbocycles. The van der Waals surface area contributed by atoms with Crippen LogP contribution in [0.3, 0.4) is 0 Å². The number of hydrogen-bond acceptors (Lipinski definition) is 7. The first-order valence-corrected chi connectivity index (χ1v) is 10.9. The van der Waals surface area contributed by atoms with Gasteiger partial charge in [-0.1, -0.05) is 30.3 Å². The van der Waals surface area contributed by atoms with Gasteiger partial charge in [0.2, 0.25) is 0 Å². The number of Topliss-reactive ketones (excluding diaryl/α,β-unsaturated/α-hetero) is 1. The standard InChI is InChI=1S/C27H23NO7/c1-33-23-11-9-18(15-24(23)34-2)22(29)16-35-27(32)19-8-10-20-21(14-19)26(31)28(25(20)30)13-12-17-6-4-3-5-7-17/h3-11,14-15H,12-13,16H2,1-2H3. The van der Waals surface area contributed by atoms with E-state index in [2.05, 4.69) is 0 Å². The number of carbonyl (C=O) groups is 4. The summed E-state index contributed by atoms with van der Waals surface area (Å²) in [6, 6.07) is 18.3. The van der Waals surface area contributed by atoms with Crippen LogP contribution in [0.15, 0.2) is 66.7 Å². The Kier molecular flexibility index (Phi) is 6.91. The molecule has 3 aromatic rings. The summed E-state index contributed by atoms with van der Waals surface area (Å²) in [5, 5.41) is 0. The van der Waals surface area contributed by atoms with Crippen LogP contribution in [0.5, 0.6) is 11.5 Å². The van der Waals surface area contributed by atoms with Crippen molar-refractivity contribution < 1.29 is 33.4 Å². The van der Waals surface area contributed by atoms with Crippen molar-refractivity contribution in [3.63, 3.8) is 0 Å². The molecule has 8 nitrogen and oxygen atoms in total. The number of rotatable bonds is 9. The van der Waals surface area contributed by atoms with E-state index in [1.165, 1.54) is 43.4 Å². The molecule has 3 aromatic carbocycles. The highest BCUT2D eigenvalue weighted by molar-refractivity contribution is 6.22. The molecule has 35 heavy (non-hydrogen) atoms. The van der Waals surface area contributed by atoms with Gasteiger partial charge in [0.15, 0.2) is 23.9 Å². The van der Waals surface area contributed by atoms with Gasteiger partial charge in [0.25, 0.3) is 11.8 Å². The van der Waals surface area contributed by atoms with E-state index in [4.69, 9.17) is 14.2 Å². The first kappa shape index (κ1) is 23.7. The molecular formula is C27H23NO7. The van der Waals surface area contributed by atoms with Gasteiger partial charge in [-0.15, -0.1) is 0 Å². The second-order valence-corrected chi connectivity index (χ2v) is 7.83. The Balaban J connectivity index is 1.41. The van der Waals surface area contributed by atoms with Crippen LogP contribution in [0.1, 0.15) is 47.0 Å². The second-order valence-electron chi connectivity index (χ2n) is 7.83. The number of amides is 2. The minimum atomic E-state index is -0.774. The molecule has 0 aliphatic carbocycles. The minimum absolute atomic E-state index is 0.0786. The first-order chi connectivity index (χ1) is 16.9. The quantitative estimate of drug-likeness (QED) is 0.266. The Morgan fingerprint density at radius 3 is 2.17 bits per heavy atom. The Hall–Kier alpha value is -4.46. The van der Waals surface area contributed by atoms with Gasteiger partial charge in [-0.3, -0.25) is 19.3 Å². The van der Waals surface area contributed by atoms with E-state index >= 15 is 0 Å². The fourth-order valence-corrected chi connectivity index (χ4v) is 3.81. The minimum Gasteiger partial charge on any atom is -0.493 e. The fourth-order valence-electron chi connectivity index (χ4n) is 3.81. The van der Waals surface area contributed by atoms with Gasteiger partial charge in [-0.2, -0.15) is 0 Å². The SMILES string of the molecule is COc1ccc(C(=O)COC(=O)c2ccc3c(c2)C(=O)N(CCc2ccccc2)C3=O)cc1OC. The molecule has 0 radical (unpaired) electrons. The number of fused-ring (bicyclic) bond motifs is 1. The van der Waals surface area contributed by atoms with Gasteiger partial charge in [0.05, 0.1) is 30.9 Å². The monoisotopic (exact) mass is 473 g/mol. The van der Waals surface area contributed by atoms with Gasteiger partial charge < -0.3 is 14.2 Å². The molecule has 0 atom stereocenters. The Bertz CT molecular complexity index is 1300. The smallest absolute Gasteiger partial charge is 0.338 e. The number of nitrogens with zero attached hydrogens (tertiary/aromatic N) is 1. The largest absolute Gasteiger partial charge is 0.493 e. The normalized spacial score (nSPS) is 12.3. The Labute approximate surface area is 202 Å². The number of methoxy groups -OCH3 is 2. The zero-order valence-electron chi connectivity index (χ0n) is 19.3. The maximum Gasteiger partial charge on any atom is 0.338 e. The van der Waals surface area contributed by atoms with Crippen LogP contribution in [0.2, 0.25) is 0 Å². The summed E-state index contributed by atoms with van der Waals surface area (Å²) in [7, 11) is 2.94. The molecule has 8 heteroatoms. The van der Waals surface area contributed by atoms with Crippen LogP contribution >= 0.6 is 0 Å². The summed E-state index contributed by atoms with van der Waals surface area (Å²) in [5.41, 5.74) is 1.76. The van der Waals surface area contributed by atoms with E-state index in [1.54, 1.807) is 12.1 Å². The van der Waals surface area contributed by atoms with Crippen molar-refractivity contribution in [2.24, 2.45) is 0 Å². The van der Waals surface area contributed by atoms with E-state index in [-0.39, 0.29) is 23.2 Å². The lowest BCUT2D eigenvalue weighted by Gasteiger charge is -2.13. The summed E-state index contributed by atoms with van der Waals surface area (Å²) in [6.07, 6.45) is 0.527. The highest BCUT2D eigenvalue weighted by Gasteiger charge is 2.35. The van der Waals surface area contributed by atoms with Gasteiger partial charge >= 0.3 is 5.97 Å². The molecular weight excluding hydrogens is 450 g/mol. The van der Waals surface area contributed by atoms with Crippen LogP contribution in [-0.2, 0) is 11.2 Å². The van der Waals surface area contributed by atoms with Crippen molar-refractivity contribution in [1.82, 2.24) is 4.90 Å². The molecule has 1 heterocycles. The van der Waals surface area contributed by atoms with E-state index < -0.39 is 30.2 Å². The van der Waals surface area contributed by atoms with Gasteiger partial charge in [-0.05, 0) is 48.4 Å². The molecule has 178 valence electrons. The zero-order valence-corrected chi connectivity index (χ0v) is 19.3. The molecule has 0 spiro atoms. The number of ether oxygens (including phenoxy) is 3. The van der Waals surface area contributed by atoms with Gasteiger partial charge in [0, 0.05) is 12.1 Å². The Morgan fingerprint density at radius 2 is 1.46 bits per heavy atom. The molecule has 0 N–H and O–H groups in total. The van der Waals surface area contributed by atoms with Crippen molar-refractivity contribution in [2.45, 2.75) is 6.42 Å². The topological polar surface area (TPSA) is 99.2 Å². The third-order valence-electron chi connectivity index (χ3n) is 5.71. The molecule has 1 aliphatic rings. The number of benzene rings is 3. The summed E-state index contributed by atoms with van der Waals surface area (Å²) >= 11 is 0. The second kappa shape index (κ2) is 10.2. The molecule has 2 amide bonds. The van der Waals surface area contributed by atoms with Crippen molar-refractivity contribution >= 4 is 23.6 Å². The number of carbonyl (C=O) groups excluding carboxylic acids is 4. The van der Waals surface area contributed by atoms with Crippen molar-refractivity contribution in [2.75, 3.05) is 27.4 Å². The average molecular weight is 473 g/mol. The van der Waals surface area contributed by atoms with Crippen LogP contribution in [0.4, 0.5) is 0 Å². The average Bonchev–Trinajstić information content (AvgIpc) is 3.14. The highest BCUT2D eigenvalue weighted by Crippen LogP contribution is 2.28. The van der Waals surface area contributed by atoms with Crippen LogP contribution in [-0.4, -0.2) is 55.8 Å². The molecule has 0 saturated heterocycles. The fraction of sp³-hybridized carbons (Fsp3) is 0.185. The van der Waals surface area contributed by atoms with Gasteiger partial charge in [-0.25, -0.2) is 4.79 Å². The molecule has 0 unspecified atom stereocenters. The zero-order chi connectivity index (χ0) is 24.9. The van der Waals surface area contributed by atoms with Crippen molar-refractivity contribution in [3.8, 4) is 11.5 Å². The van der Waals surface area contributed by atoms with E-state index in [1.807, 2.05) is 30.3 Å². The highest BCUT2D eigenvalue weighted by atomic mass is 16.5. The lowest BCUT2D eigenvalue weighted by molar-refractivity contribution is 0.0474. The third-order valence-corrected chi connectivity index (χ3v) is 5.71. The van der Waals surface area contributed by atoms with Crippen molar-refractivity contribution in [1.29, 1.82) is 0 Å². The number of imide groups is 1. The van der Waals surface area contributed by atoms with E-state index in [9.17, 15) is 19.2 Å². The molecule has 1 aliphatic heterocycles. The number of hydrogen-bond donors (Lipinski definition) is 0. The summed E-state index contributed by atoms with van der Waals surface area (Å²) < 4.78 is 15.5. The number of ketones is 1. The number of esters is 1. The maximum atomic E-state index is 12.8. The first-order valence-electron chi connectivity index (χ1n) is 10.9. The van der Waals surface area contributed by atoms with Crippen LogP contribution in [0, 0.1) is 0 Å². The van der Waals surface area contributed by atoms with E-state index in [0.29, 0.717) is 23.5 Å². The molecule has 0 bridgehead atoms. The van der Waals surface area contributed by atoms with Crippen LogP contribution < -0.4 is 9.47 Å². The van der Waals surface area contributed by atoms with Crippen LogP contribution in [0.25, 0.3) is 0 Å². The summed E-state index contributed by atoms with van der Waals surface area (Å²) in [6.45, 7) is -0.266. The van der Waals surface area contributed by atoms with E-state index in [0.717, 1.165) is 5.56 Å². The molecule has 0 aromatic heterocycles. The summed E-state index contributed by atoms with van der Waals surface area (Å²) in [5.74, 6) is -1.22. The maximum absolute atomic E-state index is 12.8. The predicted octanol–water partition coefficient (Wildman–Crippen LogP) is 3.58. The predicted molar refractivity (Wildman–Crippen MR) is 126 cm³/mol. The van der Waals surface area contributed by atoms with Crippen molar-refractivity contribution in [3.05, 3.63) is 94.5 Å². The lowest BCUT2D eigenvalue weighted by Crippen LogP contribution is -2.31. The summed E-state index contributed by atoms with van der Waals surface area (Å²) in [4.78, 5) is 51.8. The molecule has 4 rings (SSSR count). The molecule has 0 fully saturated rings. The lowest BCUT2D eigenvalue weighted by atomic mass is 10.1. The third kappa shape index (κ3) is 4.91.